The first-order valence-corrected chi connectivity index (χ1v) is 10.3. The molecule has 4 rings (SSSR count). The average Bonchev–Trinajstić information content (AvgIpc) is 3.38. The van der Waals surface area contributed by atoms with Gasteiger partial charge in [-0.1, -0.05) is 43.3 Å². The van der Waals surface area contributed by atoms with Gasteiger partial charge < -0.3 is 9.42 Å². The molecular formula is C22H29N3O2. The fraction of sp³-hybridized carbons (Fsp3) is 0.591. The third kappa shape index (κ3) is 4.07. The van der Waals surface area contributed by atoms with Gasteiger partial charge in [-0.25, -0.2) is 0 Å². The van der Waals surface area contributed by atoms with Crippen molar-refractivity contribution in [1.29, 1.82) is 0 Å². The van der Waals surface area contributed by atoms with Gasteiger partial charge in [0.05, 0.1) is 6.04 Å². The highest BCUT2D eigenvalue weighted by Crippen LogP contribution is 2.41. The summed E-state index contributed by atoms with van der Waals surface area (Å²) in [5, 5.41) is 4.00. The first-order chi connectivity index (χ1) is 13.1. The number of hydrogen-bond acceptors (Lipinski definition) is 4. The van der Waals surface area contributed by atoms with E-state index in [1.54, 1.807) is 0 Å². The van der Waals surface area contributed by atoms with Gasteiger partial charge in [0.2, 0.25) is 11.8 Å². The van der Waals surface area contributed by atoms with Crippen molar-refractivity contribution >= 4 is 5.91 Å². The summed E-state index contributed by atoms with van der Waals surface area (Å²) in [6.45, 7) is 4.10. The predicted molar refractivity (Wildman–Crippen MR) is 103 cm³/mol. The fourth-order valence-electron chi connectivity index (χ4n) is 4.13. The van der Waals surface area contributed by atoms with Crippen molar-refractivity contribution in [2.75, 3.05) is 0 Å². The predicted octanol–water partition coefficient (Wildman–Crippen LogP) is 4.58. The Morgan fingerprint density at radius 2 is 2.07 bits per heavy atom. The number of carbonyl (C=O) groups is 1. The summed E-state index contributed by atoms with van der Waals surface area (Å²) in [5.41, 5.74) is 2.78. The maximum absolute atomic E-state index is 13.1. The molecule has 5 heteroatoms. The van der Waals surface area contributed by atoms with Crippen LogP contribution < -0.4 is 0 Å². The van der Waals surface area contributed by atoms with E-state index in [2.05, 4.69) is 39.3 Å². The number of rotatable bonds is 7. The number of hydrogen-bond donors (Lipinski definition) is 0. The first kappa shape index (κ1) is 18.2. The molecule has 0 aliphatic heterocycles. The molecule has 0 N–H and O–H groups in total. The molecule has 5 nitrogen and oxygen atoms in total. The molecule has 0 radical (unpaired) electrons. The number of amides is 1. The molecule has 27 heavy (non-hydrogen) atoms. The van der Waals surface area contributed by atoms with Crippen LogP contribution in [-0.4, -0.2) is 27.0 Å². The largest absolute Gasteiger partial charge is 0.339 e. The summed E-state index contributed by atoms with van der Waals surface area (Å²) in [6, 6.07) is 9.34. The van der Waals surface area contributed by atoms with Gasteiger partial charge in [0.15, 0.2) is 5.82 Å². The topological polar surface area (TPSA) is 59.2 Å². The number of fused-ring (bicyclic) bond motifs is 1. The number of carbonyl (C=O) groups excluding carboxylic acids is 1. The zero-order chi connectivity index (χ0) is 18.8. The van der Waals surface area contributed by atoms with Crippen LogP contribution in [0.15, 0.2) is 28.8 Å². The fourth-order valence-corrected chi connectivity index (χ4v) is 4.13. The van der Waals surface area contributed by atoms with Crippen molar-refractivity contribution in [3.8, 4) is 0 Å². The smallest absolute Gasteiger partial charge is 0.226 e. The van der Waals surface area contributed by atoms with E-state index in [9.17, 15) is 4.79 Å². The second-order valence-corrected chi connectivity index (χ2v) is 8.19. The third-order valence-electron chi connectivity index (χ3n) is 5.68. The average molecular weight is 367 g/mol. The molecule has 0 saturated heterocycles. The van der Waals surface area contributed by atoms with Gasteiger partial charge in [0.25, 0.3) is 0 Å². The van der Waals surface area contributed by atoms with E-state index in [4.69, 9.17) is 4.52 Å². The van der Waals surface area contributed by atoms with Crippen LogP contribution in [0.1, 0.15) is 87.2 Å². The minimum atomic E-state index is 0.255. The Bertz CT molecular complexity index is 794. The minimum absolute atomic E-state index is 0.255. The Balaban J connectivity index is 1.40. The first-order valence-electron chi connectivity index (χ1n) is 10.3. The molecule has 1 unspecified atom stereocenters. The molecule has 1 fully saturated rings. The highest BCUT2D eigenvalue weighted by atomic mass is 16.5. The lowest BCUT2D eigenvalue weighted by Crippen LogP contribution is -2.38. The molecule has 1 heterocycles. The van der Waals surface area contributed by atoms with E-state index < -0.39 is 0 Å². The molecule has 2 aliphatic carbocycles. The van der Waals surface area contributed by atoms with Crippen molar-refractivity contribution in [2.45, 2.75) is 83.2 Å². The molecule has 1 atom stereocenters. The Hall–Kier alpha value is -2.17. The Labute approximate surface area is 161 Å². The zero-order valence-corrected chi connectivity index (χ0v) is 16.4. The van der Waals surface area contributed by atoms with Crippen LogP contribution in [0.4, 0.5) is 0 Å². The number of benzene rings is 1. The number of nitrogens with zero attached hydrogens (tertiary/aromatic N) is 3. The van der Waals surface area contributed by atoms with E-state index in [0.29, 0.717) is 24.8 Å². The molecule has 1 saturated carbocycles. The van der Waals surface area contributed by atoms with E-state index >= 15 is 0 Å². The molecule has 1 aromatic carbocycles. The highest BCUT2D eigenvalue weighted by Gasteiger charge is 2.39. The minimum Gasteiger partial charge on any atom is -0.339 e. The van der Waals surface area contributed by atoms with Crippen LogP contribution in [0.5, 0.6) is 0 Å². The lowest BCUT2D eigenvalue weighted by molar-refractivity contribution is -0.134. The maximum atomic E-state index is 13.1. The molecule has 2 aliphatic rings. The molecule has 2 aromatic rings. The molecule has 144 valence electrons. The summed E-state index contributed by atoms with van der Waals surface area (Å²) in [7, 11) is 0. The lowest BCUT2D eigenvalue weighted by atomic mass is 9.86. The summed E-state index contributed by atoms with van der Waals surface area (Å²) < 4.78 is 5.30. The second kappa shape index (κ2) is 7.83. The standard InChI is InChI=1S/C22H29N3O2/c1-15(2)22-23-20(27-24-22)11-6-12-21(26)25(17-13-14-17)19-10-5-8-16-7-3-4-9-18(16)19/h3-4,7,9,15,17,19H,5-6,8,10-14H2,1-2H3. The molecule has 0 spiro atoms. The van der Waals surface area contributed by atoms with Crippen molar-refractivity contribution in [1.82, 2.24) is 15.0 Å². The van der Waals surface area contributed by atoms with E-state index in [-0.39, 0.29) is 17.9 Å². The van der Waals surface area contributed by atoms with Crippen molar-refractivity contribution in [3.05, 3.63) is 47.1 Å². The summed E-state index contributed by atoms with van der Waals surface area (Å²) >= 11 is 0. The Kier molecular flexibility index (Phi) is 5.28. The number of aromatic nitrogens is 2. The lowest BCUT2D eigenvalue weighted by Gasteiger charge is -2.36. The second-order valence-electron chi connectivity index (χ2n) is 8.19. The van der Waals surface area contributed by atoms with E-state index in [0.717, 1.165) is 44.3 Å². The SMILES string of the molecule is CC(C)c1noc(CCCC(=O)N(C2CC2)C2CCCc3ccccc32)n1. The number of aryl methyl sites for hydroxylation is 2. The summed E-state index contributed by atoms with van der Waals surface area (Å²) in [6.07, 6.45) is 7.65. The third-order valence-corrected chi connectivity index (χ3v) is 5.68. The van der Waals surface area contributed by atoms with Gasteiger partial charge in [-0.15, -0.1) is 0 Å². The zero-order valence-electron chi connectivity index (χ0n) is 16.4. The molecule has 1 amide bonds. The van der Waals surface area contributed by atoms with Crippen LogP contribution in [0, 0.1) is 0 Å². The molecule has 0 bridgehead atoms. The van der Waals surface area contributed by atoms with Crippen LogP contribution in [0.25, 0.3) is 0 Å². The van der Waals surface area contributed by atoms with Crippen LogP contribution in [0.3, 0.4) is 0 Å². The van der Waals surface area contributed by atoms with Gasteiger partial charge in [-0.05, 0) is 49.7 Å². The van der Waals surface area contributed by atoms with Crippen molar-refractivity contribution in [2.24, 2.45) is 0 Å². The normalized spacial score (nSPS) is 19.1. The van der Waals surface area contributed by atoms with E-state index in [1.807, 2.05) is 13.8 Å². The molecular weight excluding hydrogens is 338 g/mol. The van der Waals surface area contributed by atoms with Gasteiger partial charge in [0.1, 0.15) is 0 Å². The van der Waals surface area contributed by atoms with Crippen molar-refractivity contribution in [3.63, 3.8) is 0 Å². The Morgan fingerprint density at radius 1 is 1.26 bits per heavy atom. The summed E-state index contributed by atoms with van der Waals surface area (Å²) in [5.74, 6) is 1.94. The van der Waals surface area contributed by atoms with Crippen LogP contribution in [0.2, 0.25) is 0 Å². The van der Waals surface area contributed by atoms with Gasteiger partial charge >= 0.3 is 0 Å². The Morgan fingerprint density at radius 3 is 2.81 bits per heavy atom. The maximum Gasteiger partial charge on any atom is 0.226 e. The van der Waals surface area contributed by atoms with Gasteiger partial charge in [0, 0.05) is 24.8 Å². The monoisotopic (exact) mass is 367 g/mol. The quantitative estimate of drug-likeness (QED) is 0.718. The molecule has 1 aromatic heterocycles. The summed E-state index contributed by atoms with van der Waals surface area (Å²) in [4.78, 5) is 19.7. The van der Waals surface area contributed by atoms with Gasteiger partial charge in [-0.2, -0.15) is 4.98 Å². The highest BCUT2D eigenvalue weighted by molar-refractivity contribution is 5.77. The van der Waals surface area contributed by atoms with Crippen LogP contribution >= 0.6 is 0 Å². The van der Waals surface area contributed by atoms with E-state index in [1.165, 1.54) is 11.1 Å². The van der Waals surface area contributed by atoms with Crippen LogP contribution in [-0.2, 0) is 17.6 Å². The van der Waals surface area contributed by atoms with Crippen molar-refractivity contribution < 1.29 is 9.32 Å². The van der Waals surface area contributed by atoms with Gasteiger partial charge in [-0.3, -0.25) is 4.79 Å².